The monoisotopic (exact) mass is 398 g/mol. The first kappa shape index (κ1) is 20.0. The molecule has 1 atom stereocenters. The van der Waals surface area contributed by atoms with Gasteiger partial charge in [0.05, 0.1) is 12.1 Å². The minimum atomic E-state index is -0.797. The molecular weight excluding hydrogens is 376 g/mol. The van der Waals surface area contributed by atoms with Gasteiger partial charge >= 0.3 is 5.97 Å². The molecule has 1 aromatic heterocycles. The summed E-state index contributed by atoms with van der Waals surface area (Å²) in [4.78, 5) is 11.2. The average Bonchev–Trinajstić information content (AvgIpc) is 3.00. The van der Waals surface area contributed by atoms with E-state index >= 15 is 0 Å². The van der Waals surface area contributed by atoms with Gasteiger partial charge in [0.25, 0.3) is 0 Å². The Balaban J connectivity index is 2.08. The summed E-state index contributed by atoms with van der Waals surface area (Å²) in [5, 5.41) is 17.4. The molecule has 146 valence electrons. The number of anilines is 2. The molecule has 0 unspecified atom stereocenters. The van der Waals surface area contributed by atoms with Crippen molar-refractivity contribution in [2.75, 3.05) is 5.32 Å². The fourth-order valence-electron chi connectivity index (χ4n) is 3.40. The molecule has 0 saturated heterocycles. The Labute approximate surface area is 169 Å². The molecule has 0 spiro atoms. The highest BCUT2D eigenvalue weighted by molar-refractivity contribution is 6.30. The van der Waals surface area contributed by atoms with Crippen molar-refractivity contribution >= 4 is 28.9 Å². The van der Waals surface area contributed by atoms with Gasteiger partial charge in [-0.05, 0) is 62.1 Å². The summed E-state index contributed by atoms with van der Waals surface area (Å²) in [5.41, 5.74) is 5.45. The highest BCUT2D eigenvalue weighted by atomic mass is 35.5. The normalized spacial score (nSPS) is 12.0. The first-order chi connectivity index (χ1) is 13.4. The Morgan fingerprint density at radius 1 is 1.21 bits per heavy atom. The maximum Gasteiger partial charge on any atom is 0.303 e. The van der Waals surface area contributed by atoms with Crippen LogP contribution in [0.1, 0.15) is 42.7 Å². The zero-order valence-corrected chi connectivity index (χ0v) is 16.9. The van der Waals surface area contributed by atoms with Crippen LogP contribution in [0.5, 0.6) is 0 Å². The van der Waals surface area contributed by atoms with Crippen LogP contribution in [0, 0.1) is 13.8 Å². The van der Waals surface area contributed by atoms with Crippen molar-refractivity contribution in [1.29, 1.82) is 0 Å². The standard InChI is InChI=1S/C22H23ClN2O3/c1-4-15(12-21(26)27)16-5-10-19(22-13(2)25-28-14(22)3)20(11-16)24-18-8-6-17(23)7-9-18/h5-11,15,24H,4,12H2,1-3H3,(H,26,27)/t15-/m1/s1. The van der Waals surface area contributed by atoms with E-state index in [1.54, 1.807) is 0 Å². The molecule has 0 aliphatic rings. The number of halogens is 1. The molecule has 0 saturated carbocycles. The molecule has 3 aromatic rings. The van der Waals surface area contributed by atoms with E-state index < -0.39 is 5.97 Å². The highest BCUT2D eigenvalue weighted by Gasteiger charge is 2.19. The number of carboxylic acid groups (broad SMARTS) is 1. The number of hydrogen-bond acceptors (Lipinski definition) is 4. The number of aliphatic carboxylic acids is 1. The largest absolute Gasteiger partial charge is 0.481 e. The summed E-state index contributed by atoms with van der Waals surface area (Å²) in [6, 6.07) is 13.5. The summed E-state index contributed by atoms with van der Waals surface area (Å²) in [6.07, 6.45) is 0.846. The van der Waals surface area contributed by atoms with E-state index in [0.29, 0.717) is 5.02 Å². The molecule has 0 amide bonds. The van der Waals surface area contributed by atoms with Crippen LogP contribution in [0.4, 0.5) is 11.4 Å². The van der Waals surface area contributed by atoms with E-state index in [1.807, 2.05) is 63.2 Å². The predicted octanol–water partition coefficient (Wildman–Crippen LogP) is 6.32. The lowest BCUT2D eigenvalue weighted by Crippen LogP contribution is -2.06. The van der Waals surface area contributed by atoms with Crippen LogP contribution in [0.3, 0.4) is 0 Å². The maximum absolute atomic E-state index is 11.2. The van der Waals surface area contributed by atoms with Crippen LogP contribution in [-0.4, -0.2) is 16.2 Å². The third-order valence-corrected chi connectivity index (χ3v) is 5.11. The molecule has 28 heavy (non-hydrogen) atoms. The van der Waals surface area contributed by atoms with Gasteiger partial charge in [-0.2, -0.15) is 0 Å². The minimum absolute atomic E-state index is 0.0537. The molecule has 1 heterocycles. The Bertz CT molecular complexity index is 960. The molecule has 5 nitrogen and oxygen atoms in total. The maximum atomic E-state index is 11.2. The quantitative estimate of drug-likeness (QED) is 0.486. The van der Waals surface area contributed by atoms with Crippen LogP contribution < -0.4 is 5.32 Å². The number of nitrogens with zero attached hydrogens (tertiary/aromatic N) is 1. The minimum Gasteiger partial charge on any atom is -0.481 e. The number of nitrogens with one attached hydrogen (secondary N) is 1. The lowest BCUT2D eigenvalue weighted by atomic mass is 9.90. The molecule has 2 aromatic carbocycles. The summed E-state index contributed by atoms with van der Waals surface area (Å²) >= 11 is 6.00. The molecule has 0 radical (unpaired) electrons. The lowest BCUT2D eigenvalue weighted by Gasteiger charge is -2.18. The average molecular weight is 399 g/mol. The van der Waals surface area contributed by atoms with Crippen LogP contribution in [-0.2, 0) is 4.79 Å². The van der Waals surface area contributed by atoms with E-state index in [-0.39, 0.29) is 12.3 Å². The number of rotatable bonds is 7. The van der Waals surface area contributed by atoms with Crippen LogP contribution in [0.15, 0.2) is 47.0 Å². The van der Waals surface area contributed by atoms with Gasteiger partial charge in [0, 0.05) is 27.5 Å². The third kappa shape index (κ3) is 4.37. The van der Waals surface area contributed by atoms with E-state index in [0.717, 1.165) is 45.9 Å². The van der Waals surface area contributed by atoms with E-state index in [9.17, 15) is 9.90 Å². The van der Waals surface area contributed by atoms with Gasteiger partial charge in [0.15, 0.2) is 0 Å². The van der Waals surface area contributed by atoms with Crippen LogP contribution >= 0.6 is 11.6 Å². The first-order valence-electron chi connectivity index (χ1n) is 9.20. The molecule has 0 aliphatic carbocycles. The topological polar surface area (TPSA) is 75.4 Å². The summed E-state index contributed by atoms with van der Waals surface area (Å²) < 4.78 is 5.35. The number of benzene rings is 2. The Hall–Kier alpha value is -2.79. The van der Waals surface area contributed by atoms with Crippen molar-refractivity contribution in [3.63, 3.8) is 0 Å². The number of aryl methyl sites for hydroxylation is 2. The van der Waals surface area contributed by atoms with E-state index in [4.69, 9.17) is 16.1 Å². The van der Waals surface area contributed by atoms with Gasteiger partial charge in [-0.1, -0.05) is 35.8 Å². The van der Waals surface area contributed by atoms with Crippen molar-refractivity contribution in [2.24, 2.45) is 0 Å². The van der Waals surface area contributed by atoms with Gasteiger partial charge in [-0.3, -0.25) is 4.79 Å². The zero-order valence-electron chi connectivity index (χ0n) is 16.1. The van der Waals surface area contributed by atoms with Crippen molar-refractivity contribution < 1.29 is 14.4 Å². The summed E-state index contributed by atoms with van der Waals surface area (Å²) in [7, 11) is 0. The highest BCUT2D eigenvalue weighted by Crippen LogP contribution is 2.37. The Kier molecular flexibility index (Phi) is 6.05. The lowest BCUT2D eigenvalue weighted by molar-refractivity contribution is -0.137. The fraction of sp³-hybridized carbons (Fsp3) is 0.273. The van der Waals surface area contributed by atoms with E-state index in [2.05, 4.69) is 10.5 Å². The second-order valence-electron chi connectivity index (χ2n) is 6.84. The number of carboxylic acids is 1. The zero-order chi connectivity index (χ0) is 20.3. The van der Waals surface area contributed by atoms with Crippen molar-refractivity contribution in [2.45, 2.75) is 39.5 Å². The van der Waals surface area contributed by atoms with Gasteiger partial charge in [-0.15, -0.1) is 0 Å². The molecule has 6 heteroatoms. The molecule has 2 N–H and O–H groups in total. The smallest absolute Gasteiger partial charge is 0.303 e. The summed E-state index contributed by atoms with van der Waals surface area (Å²) in [6.45, 7) is 5.79. The van der Waals surface area contributed by atoms with Crippen molar-refractivity contribution in [3.8, 4) is 11.1 Å². The molecule has 0 fully saturated rings. The van der Waals surface area contributed by atoms with Crippen molar-refractivity contribution in [1.82, 2.24) is 5.16 Å². The van der Waals surface area contributed by atoms with Crippen LogP contribution in [0.25, 0.3) is 11.1 Å². The Morgan fingerprint density at radius 2 is 1.93 bits per heavy atom. The predicted molar refractivity (Wildman–Crippen MR) is 111 cm³/mol. The second-order valence-corrected chi connectivity index (χ2v) is 7.28. The van der Waals surface area contributed by atoms with Crippen molar-refractivity contribution in [3.05, 3.63) is 64.5 Å². The third-order valence-electron chi connectivity index (χ3n) is 4.85. The second kappa shape index (κ2) is 8.48. The number of carbonyl (C=O) groups is 1. The number of hydrogen-bond donors (Lipinski definition) is 2. The van der Waals surface area contributed by atoms with Gasteiger partial charge < -0.3 is 14.9 Å². The SMILES string of the molecule is CC[C@H](CC(=O)O)c1ccc(-c2c(C)noc2C)c(Nc2ccc(Cl)cc2)c1. The number of aromatic nitrogens is 1. The van der Waals surface area contributed by atoms with E-state index in [1.165, 1.54) is 0 Å². The fourth-order valence-corrected chi connectivity index (χ4v) is 3.53. The van der Waals surface area contributed by atoms with Gasteiger partial charge in [0.2, 0.25) is 0 Å². The molecular formula is C22H23ClN2O3. The molecule has 0 aliphatic heterocycles. The Morgan fingerprint density at radius 3 is 2.50 bits per heavy atom. The molecule has 0 bridgehead atoms. The first-order valence-corrected chi connectivity index (χ1v) is 9.58. The van der Waals surface area contributed by atoms with Gasteiger partial charge in [0.1, 0.15) is 5.76 Å². The molecule has 3 rings (SSSR count). The van der Waals surface area contributed by atoms with Crippen LogP contribution in [0.2, 0.25) is 5.02 Å². The summed E-state index contributed by atoms with van der Waals surface area (Å²) in [5.74, 6) is -0.113. The van der Waals surface area contributed by atoms with Gasteiger partial charge in [-0.25, -0.2) is 0 Å².